The van der Waals surface area contributed by atoms with Gasteiger partial charge < -0.3 is 0 Å². The van der Waals surface area contributed by atoms with Crippen LogP contribution in [-0.2, 0) is 0 Å². The van der Waals surface area contributed by atoms with E-state index in [1.54, 1.807) is 5.56 Å². The normalized spacial score (nSPS) is 34.3. The van der Waals surface area contributed by atoms with Crippen LogP contribution in [0.3, 0.4) is 0 Å². The third-order valence-corrected chi connectivity index (χ3v) is 10.6. The SMILES string of the molecule is C=CC1CCC(C2CCC(c3ccc(C)cc3)CC2)CC1.C=CC1CCC(C2CCCCC2)CC1. The van der Waals surface area contributed by atoms with Crippen molar-refractivity contribution < 1.29 is 0 Å². The van der Waals surface area contributed by atoms with E-state index in [0.29, 0.717) is 0 Å². The first kappa shape index (κ1) is 26.8. The molecule has 4 saturated carbocycles. The van der Waals surface area contributed by atoms with Crippen molar-refractivity contribution in [2.75, 3.05) is 0 Å². The first-order valence-corrected chi connectivity index (χ1v) is 15.5. The van der Waals surface area contributed by atoms with Gasteiger partial charge in [0.1, 0.15) is 0 Å². The van der Waals surface area contributed by atoms with E-state index in [1.807, 2.05) is 0 Å². The molecule has 0 amide bonds. The van der Waals surface area contributed by atoms with Crippen molar-refractivity contribution in [1.82, 2.24) is 0 Å². The van der Waals surface area contributed by atoms with Crippen LogP contribution in [0.1, 0.15) is 126 Å². The summed E-state index contributed by atoms with van der Waals surface area (Å²) in [5.74, 6) is 6.67. The van der Waals surface area contributed by atoms with Gasteiger partial charge in [-0.05, 0) is 131 Å². The highest BCUT2D eigenvalue weighted by molar-refractivity contribution is 5.24. The Hall–Kier alpha value is -1.30. The van der Waals surface area contributed by atoms with E-state index >= 15 is 0 Å². The van der Waals surface area contributed by atoms with Crippen LogP contribution in [0.15, 0.2) is 49.6 Å². The third-order valence-electron chi connectivity index (χ3n) is 10.6. The van der Waals surface area contributed by atoms with Crippen LogP contribution in [0.4, 0.5) is 0 Å². The summed E-state index contributed by atoms with van der Waals surface area (Å²) in [6, 6.07) is 9.27. The van der Waals surface area contributed by atoms with Crippen molar-refractivity contribution in [3.8, 4) is 0 Å². The standard InChI is InChI=1S/C21H30.C14H24/c1-3-17-6-10-19(11-7-17)21-14-12-20(13-15-21)18-8-4-16(2)5-9-18;1-2-12-8-10-14(11-9-12)13-6-4-3-5-7-13/h3-5,8-9,17,19-21H,1,6-7,10-15H2,2H3;2,12-14H,1,3-11H2. The monoisotopic (exact) mass is 474 g/mol. The van der Waals surface area contributed by atoms with E-state index < -0.39 is 0 Å². The second-order valence-electron chi connectivity index (χ2n) is 12.7. The molecular weight excluding hydrogens is 420 g/mol. The largest absolute Gasteiger partial charge is 0.103 e. The molecule has 194 valence electrons. The molecule has 35 heavy (non-hydrogen) atoms. The number of hydrogen-bond acceptors (Lipinski definition) is 0. The molecule has 4 aliphatic carbocycles. The van der Waals surface area contributed by atoms with E-state index in [0.717, 1.165) is 41.4 Å². The van der Waals surface area contributed by atoms with E-state index in [1.165, 1.54) is 115 Å². The molecule has 4 aliphatic rings. The highest BCUT2D eigenvalue weighted by atomic mass is 14.4. The van der Waals surface area contributed by atoms with Gasteiger partial charge in [-0.15, -0.1) is 13.2 Å². The van der Waals surface area contributed by atoms with Crippen LogP contribution in [0.5, 0.6) is 0 Å². The summed E-state index contributed by atoms with van der Waals surface area (Å²) < 4.78 is 0. The summed E-state index contributed by atoms with van der Waals surface area (Å²) in [5, 5.41) is 0. The lowest BCUT2D eigenvalue weighted by atomic mass is 9.68. The molecule has 0 aromatic heterocycles. The van der Waals surface area contributed by atoms with Crippen molar-refractivity contribution in [3.63, 3.8) is 0 Å². The van der Waals surface area contributed by atoms with Crippen LogP contribution in [0.2, 0.25) is 0 Å². The van der Waals surface area contributed by atoms with Gasteiger partial charge in [0, 0.05) is 0 Å². The second-order valence-corrected chi connectivity index (χ2v) is 12.7. The summed E-state index contributed by atoms with van der Waals surface area (Å²) in [4.78, 5) is 0. The quantitative estimate of drug-likeness (QED) is 0.372. The van der Waals surface area contributed by atoms with Gasteiger partial charge in [-0.3, -0.25) is 0 Å². The summed E-state index contributed by atoms with van der Waals surface area (Å²) >= 11 is 0. The summed E-state index contributed by atoms with van der Waals surface area (Å²) in [6.45, 7) is 10.1. The first-order chi connectivity index (χ1) is 17.2. The lowest BCUT2D eigenvalue weighted by Gasteiger charge is -2.37. The predicted octanol–water partition coefficient (Wildman–Crippen LogP) is 10.8. The fourth-order valence-corrected chi connectivity index (χ4v) is 8.07. The summed E-state index contributed by atoms with van der Waals surface area (Å²) in [7, 11) is 0. The molecule has 0 saturated heterocycles. The van der Waals surface area contributed by atoms with Crippen molar-refractivity contribution >= 4 is 0 Å². The minimum Gasteiger partial charge on any atom is -0.103 e. The first-order valence-electron chi connectivity index (χ1n) is 15.5. The highest BCUT2D eigenvalue weighted by Gasteiger charge is 2.31. The molecule has 0 atom stereocenters. The molecule has 1 aromatic carbocycles. The number of aryl methyl sites for hydroxylation is 1. The molecule has 4 fully saturated rings. The fourth-order valence-electron chi connectivity index (χ4n) is 8.07. The maximum Gasteiger partial charge on any atom is -0.0162 e. The van der Waals surface area contributed by atoms with Crippen LogP contribution in [0, 0.1) is 42.4 Å². The van der Waals surface area contributed by atoms with Gasteiger partial charge in [-0.1, -0.05) is 74.1 Å². The van der Waals surface area contributed by atoms with Crippen molar-refractivity contribution in [3.05, 3.63) is 60.7 Å². The zero-order chi connectivity index (χ0) is 24.5. The molecule has 0 aliphatic heterocycles. The highest BCUT2D eigenvalue weighted by Crippen LogP contribution is 2.44. The van der Waals surface area contributed by atoms with Gasteiger partial charge in [-0.25, -0.2) is 0 Å². The Kier molecular flexibility index (Phi) is 10.6. The van der Waals surface area contributed by atoms with E-state index in [4.69, 9.17) is 0 Å². The Morgan fingerprint density at radius 2 is 0.914 bits per heavy atom. The van der Waals surface area contributed by atoms with Crippen molar-refractivity contribution in [1.29, 1.82) is 0 Å². The zero-order valence-corrected chi connectivity index (χ0v) is 22.9. The maximum atomic E-state index is 3.97. The topological polar surface area (TPSA) is 0 Å². The lowest BCUT2D eigenvalue weighted by molar-refractivity contribution is 0.171. The van der Waals surface area contributed by atoms with Gasteiger partial charge in [0.2, 0.25) is 0 Å². The van der Waals surface area contributed by atoms with Crippen LogP contribution >= 0.6 is 0 Å². The molecule has 0 N–H and O–H groups in total. The molecular formula is C35H54. The van der Waals surface area contributed by atoms with Crippen LogP contribution in [-0.4, -0.2) is 0 Å². The maximum absolute atomic E-state index is 3.97. The molecule has 0 bridgehead atoms. The molecule has 0 nitrogen and oxygen atoms in total. The fraction of sp³-hybridized carbons (Fsp3) is 0.714. The Bertz CT molecular complexity index is 727. The minimum atomic E-state index is 0.810. The molecule has 1 aromatic rings. The summed E-state index contributed by atoms with van der Waals surface area (Å²) in [6.07, 6.45) is 29.2. The second kappa shape index (κ2) is 13.9. The van der Waals surface area contributed by atoms with Crippen LogP contribution in [0.25, 0.3) is 0 Å². The number of benzene rings is 1. The molecule has 0 spiro atoms. The van der Waals surface area contributed by atoms with Gasteiger partial charge in [0.15, 0.2) is 0 Å². The van der Waals surface area contributed by atoms with Gasteiger partial charge in [0.05, 0.1) is 0 Å². The van der Waals surface area contributed by atoms with Crippen LogP contribution < -0.4 is 0 Å². The lowest BCUT2D eigenvalue weighted by Crippen LogP contribution is -2.25. The molecule has 0 heterocycles. The average Bonchev–Trinajstić information content (AvgIpc) is 2.94. The summed E-state index contributed by atoms with van der Waals surface area (Å²) in [5.41, 5.74) is 2.96. The molecule has 5 rings (SSSR count). The van der Waals surface area contributed by atoms with E-state index in [-0.39, 0.29) is 0 Å². The number of hydrogen-bond donors (Lipinski definition) is 0. The van der Waals surface area contributed by atoms with Crippen molar-refractivity contribution in [2.45, 2.75) is 122 Å². The smallest absolute Gasteiger partial charge is 0.0162 e. The molecule has 0 heteroatoms. The van der Waals surface area contributed by atoms with E-state index in [2.05, 4.69) is 56.5 Å². The van der Waals surface area contributed by atoms with Crippen molar-refractivity contribution in [2.24, 2.45) is 35.5 Å². The Balaban J connectivity index is 0.000000179. The Morgan fingerprint density at radius 1 is 0.514 bits per heavy atom. The Morgan fingerprint density at radius 3 is 1.34 bits per heavy atom. The number of allylic oxidation sites excluding steroid dienone is 2. The predicted molar refractivity (Wildman–Crippen MR) is 154 cm³/mol. The minimum absolute atomic E-state index is 0.810. The van der Waals surface area contributed by atoms with Gasteiger partial charge in [0.25, 0.3) is 0 Å². The average molecular weight is 475 g/mol. The Labute approximate surface area is 218 Å². The molecule has 0 radical (unpaired) electrons. The zero-order valence-electron chi connectivity index (χ0n) is 22.9. The number of rotatable bonds is 5. The molecule has 0 unspecified atom stereocenters. The van der Waals surface area contributed by atoms with E-state index in [9.17, 15) is 0 Å². The van der Waals surface area contributed by atoms with Gasteiger partial charge in [-0.2, -0.15) is 0 Å². The third kappa shape index (κ3) is 7.84. The van der Waals surface area contributed by atoms with Gasteiger partial charge >= 0.3 is 0 Å².